The Bertz CT molecular complexity index is 471. The first kappa shape index (κ1) is 11.1. The van der Waals surface area contributed by atoms with Gasteiger partial charge in [-0.2, -0.15) is 0 Å². The van der Waals surface area contributed by atoms with E-state index < -0.39 is 0 Å². The molecule has 0 bridgehead atoms. The molecule has 0 amide bonds. The highest BCUT2D eigenvalue weighted by Crippen LogP contribution is 2.23. The maximum atomic E-state index is 5.95. The molecule has 0 radical (unpaired) electrons. The Morgan fingerprint density at radius 3 is 2.88 bits per heavy atom. The number of rotatable bonds is 4. The van der Waals surface area contributed by atoms with Crippen LogP contribution < -0.4 is 5.73 Å². The van der Waals surface area contributed by atoms with Crippen molar-refractivity contribution in [2.75, 3.05) is 5.73 Å². The predicted molar refractivity (Wildman–Crippen MR) is 70.4 cm³/mol. The Morgan fingerprint density at radius 1 is 1.31 bits per heavy atom. The standard InChI is InChI=1S/C14H20N2/c1-3-5-11(2)10-16-9-8-12-13(15)6-4-7-14(12)16/h4,6-9,11H,3,5,10,15H2,1-2H3. The van der Waals surface area contributed by atoms with Crippen LogP contribution in [-0.4, -0.2) is 4.57 Å². The Labute approximate surface area is 97.1 Å². The summed E-state index contributed by atoms with van der Waals surface area (Å²) in [5, 5.41) is 1.17. The van der Waals surface area contributed by atoms with Gasteiger partial charge in [-0.15, -0.1) is 0 Å². The molecule has 0 spiro atoms. The fourth-order valence-corrected chi connectivity index (χ4v) is 2.33. The fraction of sp³-hybridized carbons (Fsp3) is 0.429. The molecule has 2 rings (SSSR count). The van der Waals surface area contributed by atoms with Gasteiger partial charge in [0.05, 0.1) is 5.52 Å². The fourth-order valence-electron chi connectivity index (χ4n) is 2.33. The van der Waals surface area contributed by atoms with Gasteiger partial charge in [0.25, 0.3) is 0 Å². The van der Waals surface area contributed by atoms with Crippen molar-refractivity contribution < 1.29 is 0 Å². The van der Waals surface area contributed by atoms with E-state index in [0.29, 0.717) is 0 Å². The van der Waals surface area contributed by atoms with Gasteiger partial charge in [0.1, 0.15) is 0 Å². The number of benzene rings is 1. The van der Waals surface area contributed by atoms with Gasteiger partial charge in [0.15, 0.2) is 0 Å². The van der Waals surface area contributed by atoms with Crippen LogP contribution in [0.5, 0.6) is 0 Å². The molecule has 2 nitrogen and oxygen atoms in total. The molecule has 1 aromatic heterocycles. The van der Waals surface area contributed by atoms with Gasteiger partial charge in [-0.3, -0.25) is 0 Å². The van der Waals surface area contributed by atoms with Crippen molar-refractivity contribution in [1.82, 2.24) is 4.57 Å². The maximum absolute atomic E-state index is 5.95. The Morgan fingerprint density at radius 2 is 2.12 bits per heavy atom. The molecule has 1 unspecified atom stereocenters. The van der Waals surface area contributed by atoms with Gasteiger partial charge >= 0.3 is 0 Å². The molecule has 86 valence electrons. The summed E-state index contributed by atoms with van der Waals surface area (Å²) in [7, 11) is 0. The lowest BCUT2D eigenvalue weighted by molar-refractivity contribution is 0.453. The summed E-state index contributed by atoms with van der Waals surface area (Å²) in [4.78, 5) is 0. The maximum Gasteiger partial charge on any atom is 0.0501 e. The Kier molecular flexibility index (Phi) is 3.18. The van der Waals surface area contributed by atoms with E-state index in [4.69, 9.17) is 5.73 Å². The molecule has 2 N–H and O–H groups in total. The van der Waals surface area contributed by atoms with E-state index in [0.717, 1.165) is 18.2 Å². The molecule has 1 atom stereocenters. The number of anilines is 1. The number of hydrogen-bond donors (Lipinski definition) is 1. The summed E-state index contributed by atoms with van der Waals surface area (Å²) in [6.45, 7) is 5.63. The van der Waals surface area contributed by atoms with Gasteiger partial charge in [-0.1, -0.05) is 26.3 Å². The van der Waals surface area contributed by atoms with E-state index in [1.54, 1.807) is 0 Å². The molecule has 0 aliphatic heterocycles. The summed E-state index contributed by atoms with van der Waals surface area (Å²) < 4.78 is 2.31. The van der Waals surface area contributed by atoms with Crippen LogP contribution in [0.15, 0.2) is 30.5 Å². The third-order valence-corrected chi connectivity index (χ3v) is 3.14. The smallest absolute Gasteiger partial charge is 0.0501 e. The third-order valence-electron chi connectivity index (χ3n) is 3.14. The molecule has 16 heavy (non-hydrogen) atoms. The minimum Gasteiger partial charge on any atom is -0.398 e. The molecular weight excluding hydrogens is 196 g/mol. The van der Waals surface area contributed by atoms with Crippen molar-refractivity contribution in [3.05, 3.63) is 30.5 Å². The molecule has 0 fully saturated rings. The summed E-state index contributed by atoms with van der Waals surface area (Å²) in [5.74, 6) is 0.724. The van der Waals surface area contributed by atoms with E-state index in [1.807, 2.05) is 12.1 Å². The van der Waals surface area contributed by atoms with E-state index in [-0.39, 0.29) is 0 Å². The van der Waals surface area contributed by atoms with Crippen molar-refractivity contribution >= 4 is 16.6 Å². The molecule has 0 saturated heterocycles. The van der Waals surface area contributed by atoms with Crippen LogP contribution in [0.4, 0.5) is 5.69 Å². The second kappa shape index (κ2) is 4.60. The predicted octanol–water partition coefficient (Wildman–Crippen LogP) is 3.66. The van der Waals surface area contributed by atoms with Crippen molar-refractivity contribution in [2.24, 2.45) is 5.92 Å². The first-order valence-electron chi connectivity index (χ1n) is 6.05. The summed E-state index contributed by atoms with van der Waals surface area (Å²) in [5.41, 5.74) is 8.07. The first-order chi connectivity index (χ1) is 7.72. The van der Waals surface area contributed by atoms with Crippen molar-refractivity contribution in [1.29, 1.82) is 0 Å². The van der Waals surface area contributed by atoms with Gasteiger partial charge < -0.3 is 10.3 Å². The minimum atomic E-state index is 0.724. The minimum absolute atomic E-state index is 0.724. The number of hydrogen-bond acceptors (Lipinski definition) is 1. The van der Waals surface area contributed by atoms with Crippen LogP contribution in [0, 0.1) is 5.92 Å². The SMILES string of the molecule is CCCC(C)Cn1ccc2c(N)cccc21. The number of nitrogens with two attached hydrogens (primary N) is 1. The van der Waals surface area contributed by atoms with Crippen LogP contribution >= 0.6 is 0 Å². The largest absolute Gasteiger partial charge is 0.398 e. The topological polar surface area (TPSA) is 30.9 Å². The highest BCUT2D eigenvalue weighted by atomic mass is 15.0. The second-order valence-corrected chi connectivity index (χ2v) is 4.64. The van der Waals surface area contributed by atoms with E-state index in [1.165, 1.54) is 23.7 Å². The molecule has 2 aromatic rings. The number of fused-ring (bicyclic) bond motifs is 1. The first-order valence-corrected chi connectivity index (χ1v) is 6.05. The van der Waals surface area contributed by atoms with Crippen molar-refractivity contribution in [2.45, 2.75) is 33.2 Å². The van der Waals surface area contributed by atoms with Gasteiger partial charge in [0, 0.05) is 23.8 Å². The van der Waals surface area contributed by atoms with Crippen LogP contribution in [0.3, 0.4) is 0 Å². The molecule has 0 aliphatic carbocycles. The lowest BCUT2D eigenvalue weighted by Gasteiger charge is -2.12. The zero-order chi connectivity index (χ0) is 11.5. The van der Waals surface area contributed by atoms with Crippen molar-refractivity contribution in [3.63, 3.8) is 0 Å². The lowest BCUT2D eigenvalue weighted by Crippen LogP contribution is -2.06. The van der Waals surface area contributed by atoms with Crippen LogP contribution in [-0.2, 0) is 6.54 Å². The summed E-state index contributed by atoms with van der Waals surface area (Å²) >= 11 is 0. The van der Waals surface area contributed by atoms with Crippen molar-refractivity contribution in [3.8, 4) is 0 Å². The highest BCUT2D eigenvalue weighted by molar-refractivity contribution is 5.91. The number of nitrogen functional groups attached to an aromatic ring is 1. The van der Waals surface area contributed by atoms with Gasteiger partial charge in [-0.05, 0) is 30.5 Å². The van der Waals surface area contributed by atoms with E-state index in [9.17, 15) is 0 Å². The quantitative estimate of drug-likeness (QED) is 0.777. The molecule has 0 aliphatic rings. The average molecular weight is 216 g/mol. The Hall–Kier alpha value is -1.44. The monoisotopic (exact) mass is 216 g/mol. The highest BCUT2D eigenvalue weighted by Gasteiger charge is 2.06. The number of nitrogens with zero attached hydrogens (tertiary/aromatic N) is 1. The van der Waals surface area contributed by atoms with Crippen LogP contribution in [0.25, 0.3) is 10.9 Å². The van der Waals surface area contributed by atoms with Gasteiger partial charge in [0.2, 0.25) is 0 Å². The summed E-state index contributed by atoms with van der Waals surface area (Å²) in [6, 6.07) is 8.24. The second-order valence-electron chi connectivity index (χ2n) is 4.64. The van der Waals surface area contributed by atoms with Crippen LogP contribution in [0.1, 0.15) is 26.7 Å². The zero-order valence-electron chi connectivity index (χ0n) is 10.1. The van der Waals surface area contributed by atoms with Crippen LogP contribution in [0.2, 0.25) is 0 Å². The molecule has 0 saturated carbocycles. The average Bonchev–Trinajstić information content (AvgIpc) is 2.64. The molecule has 2 heteroatoms. The normalized spacial score (nSPS) is 13.1. The summed E-state index contributed by atoms with van der Waals surface area (Å²) in [6.07, 6.45) is 4.68. The van der Waals surface area contributed by atoms with E-state index >= 15 is 0 Å². The number of aromatic nitrogens is 1. The molecular formula is C14H20N2. The Balaban J connectivity index is 2.28. The van der Waals surface area contributed by atoms with E-state index in [2.05, 4.69) is 36.7 Å². The molecule has 1 aromatic carbocycles. The molecule has 1 heterocycles. The zero-order valence-corrected chi connectivity index (χ0v) is 10.1. The van der Waals surface area contributed by atoms with Gasteiger partial charge in [-0.25, -0.2) is 0 Å². The third kappa shape index (κ3) is 2.06. The lowest BCUT2D eigenvalue weighted by atomic mass is 10.1.